The Hall–Kier alpha value is -0.730. The molecule has 1 amide bonds. The molecule has 0 radical (unpaired) electrons. The highest BCUT2D eigenvalue weighted by Crippen LogP contribution is 2.13. The molecule has 0 bridgehead atoms. The van der Waals surface area contributed by atoms with E-state index < -0.39 is 36.4 Å². The van der Waals surface area contributed by atoms with Gasteiger partial charge in [0.05, 0.1) is 6.10 Å². The van der Waals surface area contributed by atoms with Crippen molar-refractivity contribution >= 4 is 5.91 Å². The summed E-state index contributed by atoms with van der Waals surface area (Å²) in [6, 6.07) is -1.03. The molecule has 0 aromatic heterocycles. The van der Waals surface area contributed by atoms with Gasteiger partial charge in [-0.25, -0.2) is 0 Å². The lowest BCUT2D eigenvalue weighted by Gasteiger charge is -2.27. The number of hydrogen-bond donors (Lipinski definition) is 5. The molecule has 7 heteroatoms. The van der Waals surface area contributed by atoms with Crippen LogP contribution >= 0.6 is 0 Å². The van der Waals surface area contributed by atoms with Gasteiger partial charge in [0.1, 0.15) is 24.4 Å². The number of hydrogen-bond acceptors (Lipinski definition) is 6. The van der Waals surface area contributed by atoms with E-state index in [1.54, 1.807) is 0 Å². The number of rotatable bonds is 1. The number of aliphatic hydroxyl groups is 4. The first-order valence-corrected chi connectivity index (χ1v) is 5.03. The molecule has 1 aliphatic heterocycles. The Bertz CT molecular complexity index is 260. The second kappa shape index (κ2) is 5.07. The smallest absolute Gasteiger partial charge is 0.241 e. The van der Waals surface area contributed by atoms with Crippen LogP contribution in [0, 0.1) is 0 Å². The third-order valence-corrected chi connectivity index (χ3v) is 2.69. The van der Waals surface area contributed by atoms with Crippen LogP contribution in [0.1, 0.15) is 0 Å². The van der Waals surface area contributed by atoms with Crippen molar-refractivity contribution in [2.45, 2.75) is 30.5 Å². The molecule has 1 heterocycles. The fourth-order valence-electron chi connectivity index (χ4n) is 1.63. The number of β-amino-alcohol motifs (C(OH)–C–C–N with tert-alkyl or cyclic N) is 1. The number of nitrogens with zero attached hydrogens (tertiary/aromatic N) is 1. The number of carbonyl (C=O) groups excluding carboxylic acids is 1. The maximum atomic E-state index is 11.6. The van der Waals surface area contributed by atoms with Gasteiger partial charge < -0.3 is 30.6 Å². The van der Waals surface area contributed by atoms with E-state index in [0.29, 0.717) is 0 Å². The molecule has 1 rings (SSSR count). The van der Waals surface area contributed by atoms with Crippen molar-refractivity contribution in [3.05, 3.63) is 0 Å². The molecular formula is C9H18N2O5. The van der Waals surface area contributed by atoms with Crippen LogP contribution < -0.4 is 5.32 Å². The van der Waals surface area contributed by atoms with Crippen LogP contribution in [0.5, 0.6) is 0 Å². The molecule has 0 unspecified atom stereocenters. The third-order valence-electron chi connectivity index (χ3n) is 2.69. The van der Waals surface area contributed by atoms with Gasteiger partial charge in [0, 0.05) is 20.6 Å². The number of nitrogens with one attached hydrogen (secondary N) is 1. The van der Waals surface area contributed by atoms with Crippen molar-refractivity contribution in [2.75, 3.05) is 20.6 Å². The van der Waals surface area contributed by atoms with Gasteiger partial charge in [-0.3, -0.25) is 4.79 Å². The fraction of sp³-hybridized carbons (Fsp3) is 0.889. The Balaban J connectivity index is 2.84. The molecule has 0 saturated carbocycles. The van der Waals surface area contributed by atoms with Crippen LogP contribution in [0.15, 0.2) is 0 Å². The zero-order valence-corrected chi connectivity index (χ0v) is 9.24. The molecule has 1 aliphatic rings. The highest BCUT2D eigenvalue weighted by atomic mass is 16.4. The van der Waals surface area contributed by atoms with Crippen LogP contribution in [0.4, 0.5) is 0 Å². The number of carbonyl (C=O) groups is 1. The van der Waals surface area contributed by atoms with Gasteiger partial charge in [-0.2, -0.15) is 0 Å². The zero-order valence-electron chi connectivity index (χ0n) is 9.24. The third kappa shape index (κ3) is 2.50. The monoisotopic (exact) mass is 234 g/mol. The van der Waals surface area contributed by atoms with Crippen molar-refractivity contribution in [2.24, 2.45) is 0 Å². The minimum absolute atomic E-state index is 0.0699. The Morgan fingerprint density at radius 1 is 1.12 bits per heavy atom. The average molecular weight is 234 g/mol. The van der Waals surface area contributed by atoms with Crippen molar-refractivity contribution < 1.29 is 25.2 Å². The lowest BCUT2D eigenvalue weighted by molar-refractivity contribution is -0.138. The normalized spacial score (nSPS) is 40.2. The summed E-state index contributed by atoms with van der Waals surface area (Å²) in [6.07, 6.45) is -5.70. The van der Waals surface area contributed by atoms with E-state index in [0.717, 1.165) is 0 Å². The SMILES string of the molecule is CN(C)C(=O)[C@H]1NC[C@@H](O)[C@@H](O)[C@H](O)[C@@H]1O. The van der Waals surface area contributed by atoms with Crippen LogP contribution in [0.3, 0.4) is 0 Å². The number of likely N-dealkylation sites (N-methyl/N-ethyl adjacent to an activating group) is 1. The Morgan fingerprint density at radius 2 is 1.69 bits per heavy atom. The molecular weight excluding hydrogens is 216 g/mol. The lowest BCUT2D eigenvalue weighted by Crippen LogP contribution is -2.54. The van der Waals surface area contributed by atoms with Crippen molar-refractivity contribution in [1.29, 1.82) is 0 Å². The predicted molar refractivity (Wildman–Crippen MR) is 54.5 cm³/mol. The Labute approximate surface area is 93.3 Å². The van der Waals surface area contributed by atoms with Crippen molar-refractivity contribution in [1.82, 2.24) is 10.2 Å². The van der Waals surface area contributed by atoms with Gasteiger partial charge in [0.2, 0.25) is 5.91 Å². The minimum Gasteiger partial charge on any atom is -0.389 e. The second-order valence-electron chi connectivity index (χ2n) is 4.16. The quantitative estimate of drug-likeness (QED) is 0.321. The van der Waals surface area contributed by atoms with E-state index in [4.69, 9.17) is 0 Å². The molecule has 0 spiro atoms. The summed E-state index contributed by atoms with van der Waals surface area (Å²) >= 11 is 0. The summed E-state index contributed by atoms with van der Waals surface area (Å²) < 4.78 is 0. The second-order valence-corrected chi connectivity index (χ2v) is 4.16. The topological polar surface area (TPSA) is 113 Å². The largest absolute Gasteiger partial charge is 0.389 e. The van der Waals surface area contributed by atoms with Crippen LogP contribution in [0.2, 0.25) is 0 Å². The van der Waals surface area contributed by atoms with E-state index in [1.807, 2.05) is 0 Å². The Kier molecular flexibility index (Phi) is 4.22. The van der Waals surface area contributed by atoms with Crippen LogP contribution in [0.25, 0.3) is 0 Å². The van der Waals surface area contributed by atoms with Gasteiger partial charge in [-0.1, -0.05) is 0 Å². The van der Waals surface area contributed by atoms with E-state index in [9.17, 15) is 25.2 Å². The van der Waals surface area contributed by atoms with Crippen LogP contribution in [-0.4, -0.2) is 82.3 Å². The van der Waals surface area contributed by atoms with Crippen molar-refractivity contribution in [3.8, 4) is 0 Å². The first-order chi connectivity index (χ1) is 7.36. The van der Waals surface area contributed by atoms with E-state index in [-0.39, 0.29) is 6.54 Å². The lowest BCUT2D eigenvalue weighted by atomic mass is 10.0. The van der Waals surface area contributed by atoms with Gasteiger partial charge in [-0.05, 0) is 0 Å². The van der Waals surface area contributed by atoms with E-state index in [2.05, 4.69) is 5.32 Å². The number of aliphatic hydroxyl groups excluding tert-OH is 4. The summed E-state index contributed by atoms with van der Waals surface area (Å²) in [4.78, 5) is 12.9. The van der Waals surface area contributed by atoms with Gasteiger partial charge in [-0.15, -0.1) is 0 Å². The summed E-state index contributed by atoms with van der Waals surface area (Å²) in [6.45, 7) is -0.0699. The minimum atomic E-state index is -1.56. The van der Waals surface area contributed by atoms with Crippen molar-refractivity contribution in [3.63, 3.8) is 0 Å². The predicted octanol–water partition coefficient (Wildman–Crippen LogP) is -3.51. The molecule has 5 N–H and O–H groups in total. The van der Waals surface area contributed by atoms with Gasteiger partial charge in [0.25, 0.3) is 0 Å². The standard InChI is InChI=1S/C9H18N2O5/c1-11(2)9(16)5-7(14)8(15)6(13)4(12)3-10-5/h4-8,10,12-15H,3H2,1-2H3/t4-,5+,6-,7-,8+/m1/s1. The summed E-state index contributed by atoms with van der Waals surface area (Å²) in [5.41, 5.74) is 0. The first-order valence-electron chi connectivity index (χ1n) is 5.03. The highest BCUT2D eigenvalue weighted by Gasteiger charge is 2.41. The molecule has 7 nitrogen and oxygen atoms in total. The average Bonchev–Trinajstić information content (AvgIpc) is 2.33. The maximum absolute atomic E-state index is 11.6. The molecule has 1 saturated heterocycles. The molecule has 0 aromatic carbocycles. The molecule has 0 aliphatic carbocycles. The number of amides is 1. The summed E-state index contributed by atoms with van der Waals surface area (Å²) in [5, 5.41) is 40.6. The Morgan fingerprint density at radius 3 is 2.19 bits per heavy atom. The highest BCUT2D eigenvalue weighted by molar-refractivity contribution is 5.82. The maximum Gasteiger partial charge on any atom is 0.241 e. The molecule has 0 aromatic rings. The summed E-state index contributed by atoms with van der Waals surface area (Å²) in [5.74, 6) is -0.423. The zero-order chi connectivity index (χ0) is 12.5. The first kappa shape index (κ1) is 13.3. The fourth-order valence-corrected chi connectivity index (χ4v) is 1.63. The van der Waals surface area contributed by atoms with Gasteiger partial charge in [0.15, 0.2) is 0 Å². The van der Waals surface area contributed by atoms with E-state index in [1.165, 1.54) is 19.0 Å². The molecule has 16 heavy (non-hydrogen) atoms. The molecule has 5 atom stereocenters. The molecule has 94 valence electrons. The van der Waals surface area contributed by atoms with Gasteiger partial charge >= 0.3 is 0 Å². The summed E-state index contributed by atoms with van der Waals surface area (Å²) in [7, 11) is 3.03. The van der Waals surface area contributed by atoms with E-state index >= 15 is 0 Å². The van der Waals surface area contributed by atoms with Crippen LogP contribution in [-0.2, 0) is 4.79 Å². The molecule has 1 fully saturated rings.